The van der Waals surface area contributed by atoms with Gasteiger partial charge in [0.2, 0.25) is 10.0 Å². The maximum absolute atomic E-state index is 12.3. The molecule has 1 aliphatic rings. The lowest BCUT2D eigenvalue weighted by Gasteiger charge is -2.13. The summed E-state index contributed by atoms with van der Waals surface area (Å²) < 4.78 is 27.3. The van der Waals surface area contributed by atoms with Gasteiger partial charge in [-0.15, -0.1) is 0 Å². The predicted molar refractivity (Wildman–Crippen MR) is 79.8 cm³/mol. The summed E-state index contributed by atoms with van der Waals surface area (Å²) in [5.41, 5.74) is 0.128. The molecule has 8 heteroatoms. The number of nitrogens with one attached hydrogen (secondary N) is 2. The third-order valence-electron chi connectivity index (χ3n) is 3.50. The van der Waals surface area contributed by atoms with Crippen LogP contribution < -0.4 is 10.0 Å². The maximum atomic E-state index is 12.3. The lowest BCUT2D eigenvalue weighted by Crippen LogP contribution is -2.33. The van der Waals surface area contributed by atoms with Crippen molar-refractivity contribution in [3.05, 3.63) is 28.3 Å². The number of nitro groups is 1. The van der Waals surface area contributed by atoms with E-state index in [2.05, 4.69) is 10.0 Å². The molecule has 2 N–H and O–H groups in total. The highest BCUT2D eigenvalue weighted by atomic mass is 32.2. The van der Waals surface area contributed by atoms with Crippen molar-refractivity contribution in [1.82, 2.24) is 4.72 Å². The van der Waals surface area contributed by atoms with Gasteiger partial charge in [-0.25, -0.2) is 13.1 Å². The van der Waals surface area contributed by atoms with Crippen molar-refractivity contribution in [2.45, 2.75) is 43.5 Å². The molecule has 0 aliphatic heterocycles. The third-order valence-corrected chi connectivity index (χ3v) is 5.07. The standard InChI is InChI=1S/C13H19N3O4S/c1-2-14-11-7-8-13(12(9-11)16(17)18)21(19,20)15-10-5-3-4-6-10/h7-10,14-15H,2-6H2,1H3. The summed E-state index contributed by atoms with van der Waals surface area (Å²) >= 11 is 0. The van der Waals surface area contributed by atoms with Gasteiger partial charge in [0.05, 0.1) is 4.92 Å². The minimum absolute atomic E-state index is 0.122. The van der Waals surface area contributed by atoms with Gasteiger partial charge in [-0.3, -0.25) is 10.1 Å². The zero-order chi connectivity index (χ0) is 15.5. The molecule has 0 atom stereocenters. The molecule has 0 unspecified atom stereocenters. The number of sulfonamides is 1. The van der Waals surface area contributed by atoms with Crippen molar-refractivity contribution in [2.24, 2.45) is 0 Å². The molecule has 1 aromatic carbocycles. The third kappa shape index (κ3) is 3.70. The Morgan fingerprint density at radius 2 is 2.00 bits per heavy atom. The second kappa shape index (κ2) is 6.40. The highest BCUT2D eigenvalue weighted by molar-refractivity contribution is 7.89. The van der Waals surface area contributed by atoms with Crippen molar-refractivity contribution in [3.8, 4) is 0 Å². The molecule has 0 saturated heterocycles. The van der Waals surface area contributed by atoms with Gasteiger partial charge in [-0.05, 0) is 31.9 Å². The van der Waals surface area contributed by atoms with E-state index in [0.29, 0.717) is 12.2 Å². The summed E-state index contributed by atoms with van der Waals surface area (Å²) in [5, 5.41) is 14.1. The predicted octanol–water partition coefficient (Wildman–Crippen LogP) is 2.25. The smallest absolute Gasteiger partial charge is 0.291 e. The Balaban J connectivity index is 2.34. The first-order chi connectivity index (χ1) is 9.94. The van der Waals surface area contributed by atoms with Crippen LogP contribution in [0.5, 0.6) is 0 Å². The van der Waals surface area contributed by atoms with E-state index in [1.807, 2.05) is 6.92 Å². The number of anilines is 1. The Bertz CT molecular complexity index is 624. The van der Waals surface area contributed by atoms with Gasteiger partial charge >= 0.3 is 0 Å². The molecule has 0 radical (unpaired) electrons. The molecule has 0 aromatic heterocycles. The Labute approximate surface area is 123 Å². The van der Waals surface area contributed by atoms with E-state index in [4.69, 9.17) is 0 Å². The Hall–Kier alpha value is -1.67. The van der Waals surface area contributed by atoms with Crippen LogP contribution in [-0.4, -0.2) is 25.9 Å². The van der Waals surface area contributed by atoms with Gasteiger partial charge in [0.15, 0.2) is 4.90 Å². The molecule has 1 aromatic rings. The van der Waals surface area contributed by atoms with Crippen LogP contribution in [0.1, 0.15) is 32.6 Å². The van der Waals surface area contributed by atoms with Gasteiger partial charge in [0, 0.05) is 24.3 Å². The van der Waals surface area contributed by atoms with Crippen molar-refractivity contribution < 1.29 is 13.3 Å². The fourth-order valence-corrected chi connectivity index (χ4v) is 3.99. The Kier molecular flexibility index (Phi) is 4.79. The van der Waals surface area contributed by atoms with Crippen LogP contribution in [0.15, 0.2) is 23.1 Å². The molecule has 1 saturated carbocycles. The Morgan fingerprint density at radius 3 is 2.57 bits per heavy atom. The van der Waals surface area contributed by atoms with Gasteiger partial charge in [-0.2, -0.15) is 0 Å². The molecular formula is C13H19N3O4S. The molecule has 0 bridgehead atoms. The quantitative estimate of drug-likeness (QED) is 0.619. The lowest BCUT2D eigenvalue weighted by molar-refractivity contribution is -0.387. The first kappa shape index (κ1) is 15.7. The maximum Gasteiger partial charge on any atom is 0.291 e. The first-order valence-corrected chi connectivity index (χ1v) is 8.47. The van der Waals surface area contributed by atoms with E-state index in [0.717, 1.165) is 25.7 Å². The van der Waals surface area contributed by atoms with Crippen LogP contribution >= 0.6 is 0 Å². The number of benzene rings is 1. The van der Waals surface area contributed by atoms with Gasteiger partial charge in [-0.1, -0.05) is 12.8 Å². The molecule has 2 rings (SSSR count). The largest absolute Gasteiger partial charge is 0.385 e. The molecule has 116 valence electrons. The second-order valence-corrected chi connectivity index (χ2v) is 6.76. The molecule has 1 aliphatic carbocycles. The van der Waals surface area contributed by atoms with Crippen molar-refractivity contribution >= 4 is 21.4 Å². The fourth-order valence-electron chi connectivity index (χ4n) is 2.53. The van der Waals surface area contributed by atoms with E-state index >= 15 is 0 Å². The molecule has 0 amide bonds. The molecule has 0 heterocycles. The van der Waals surface area contributed by atoms with Crippen molar-refractivity contribution in [3.63, 3.8) is 0 Å². The summed E-state index contributed by atoms with van der Waals surface area (Å²) in [4.78, 5) is 10.2. The van der Waals surface area contributed by atoms with E-state index < -0.39 is 20.6 Å². The van der Waals surface area contributed by atoms with Crippen LogP contribution in [-0.2, 0) is 10.0 Å². The summed E-state index contributed by atoms with van der Waals surface area (Å²) in [7, 11) is -3.87. The highest BCUT2D eigenvalue weighted by Crippen LogP contribution is 2.28. The minimum atomic E-state index is -3.87. The number of nitro benzene ring substituents is 1. The summed E-state index contributed by atoms with van der Waals surface area (Å²) in [6, 6.07) is 3.96. The van der Waals surface area contributed by atoms with Gasteiger partial charge < -0.3 is 5.32 Å². The molecule has 0 spiro atoms. The summed E-state index contributed by atoms with van der Waals surface area (Å²) in [5.74, 6) is 0. The molecule has 7 nitrogen and oxygen atoms in total. The number of rotatable bonds is 6. The van der Waals surface area contributed by atoms with Crippen LogP contribution in [0.2, 0.25) is 0 Å². The van der Waals surface area contributed by atoms with Crippen molar-refractivity contribution in [2.75, 3.05) is 11.9 Å². The highest BCUT2D eigenvalue weighted by Gasteiger charge is 2.29. The van der Waals surface area contributed by atoms with Gasteiger partial charge in [0.25, 0.3) is 5.69 Å². The summed E-state index contributed by atoms with van der Waals surface area (Å²) in [6.07, 6.45) is 3.52. The van der Waals surface area contributed by atoms with E-state index in [9.17, 15) is 18.5 Å². The number of hydrogen-bond donors (Lipinski definition) is 2. The van der Waals surface area contributed by atoms with Crippen LogP contribution in [0.4, 0.5) is 11.4 Å². The average Bonchev–Trinajstić information content (AvgIpc) is 2.91. The number of nitrogens with zero attached hydrogens (tertiary/aromatic N) is 1. The number of hydrogen-bond acceptors (Lipinski definition) is 5. The SMILES string of the molecule is CCNc1ccc(S(=O)(=O)NC2CCCC2)c([N+](=O)[O-])c1. The van der Waals surface area contributed by atoms with Crippen LogP contribution in [0.3, 0.4) is 0 Å². The normalized spacial score (nSPS) is 16.0. The average molecular weight is 313 g/mol. The second-order valence-electron chi connectivity index (χ2n) is 5.07. The Morgan fingerprint density at radius 1 is 1.33 bits per heavy atom. The lowest BCUT2D eigenvalue weighted by atomic mass is 10.3. The molecular weight excluding hydrogens is 294 g/mol. The molecule has 1 fully saturated rings. The summed E-state index contributed by atoms with van der Waals surface area (Å²) in [6.45, 7) is 2.46. The minimum Gasteiger partial charge on any atom is -0.385 e. The van der Waals surface area contributed by atoms with Crippen molar-refractivity contribution in [1.29, 1.82) is 0 Å². The topological polar surface area (TPSA) is 101 Å². The fraction of sp³-hybridized carbons (Fsp3) is 0.538. The van der Waals surface area contributed by atoms with E-state index in [1.165, 1.54) is 12.1 Å². The first-order valence-electron chi connectivity index (χ1n) is 6.98. The van der Waals surface area contributed by atoms with E-state index in [1.54, 1.807) is 6.07 Å². The zero-order valence-electron chi connectivity index (χ0n) is 11.8. The van der Waals surface area contributed by atoms with Crippen LogP contribution in [0, 0.1) is 10.1 Å². The monoisotopic (exact) mass is 313 g/mol. The molecule has 21 heavy (non-hydrogen) atoms. The van der Waals surface area contributed by atoms with Crippen LogP contribution in [0.25, 0.3) is 0 Å². The zero-order valence-corrected chi connectivity index (χ0v) is 12.6. The van der Waals surface area contributed by atoms with E-state index in [-0.39, 0.29) is 10.9 Å². The van der Waals surface area contributed by atoms with Gasteiger partial charge in [0.1, 0.15) is 0 Å².